The van der Waals surface area contributed by atoms with Crippen molar-refractivity contribution in [1.29, 1.82) is 0 Å². The van der Waals surface area contributed by atoms with Gasteiger partial charge in [0.2, 0.25) is 0 Å². The van der Waals surface area contributed by atoms with Gasteiger partial charge in [-0.2, -0.15) is 18.4 Å². The molecular weight excluding hydrogens is 376 g/mol. The highest BCUT2D eigenvalue weighted by Crippen LogP contribution is 2.28. The van der Waals surface area contributed by atoms with Crippen molar-refractivity contribution in [3.8, 4) is 0 Å². The van der Waals surface area contributed by atoms with Crippen molar-refractivity contribution in [2.75, 3.05) is 0 Å². The summed E-state index contributed by atoms with van der Waals surface area (Å²) in [6, 6.07) is 12.6. The molecule has 0 unspecified atom stereocenters. The first-order valence-corrected chi connectivity index (χ1v) is 9.68. The Hall–Kier alpha value is -1.66. The van der Waals surface area contributed by atoms with Crippen LogP contribution in [-0.2, 0) is 16.4 Å². The van der Waals surface area contributed by atoms with Crippen LogP contribution >= 0.6 is 15.9 Å². The van der Waals surface area contributed by atoms with Gasteiger partial charge in [-0.1, -0.05) is 45.8 Å². The quantitative estimate of drug-likeness (QED) is 0.807. The predicted molar refractivity (Wildman–Crippen MR) is 95.1 cm³/mol. The lowest BCUT2D eigenvalue weighted by atomic mass is 9.90. The summed E-state index contributed by atoms with van der Waals surface area (Å²) in [5.74, 6) is 0. The van der Waals surface area contributed by atoms with Gasteiger partial charge >= 0.3 is 0 Å². The van der Waals surface area contributed by atoms with Crippen LogP contribution in [0.3, 0.4) is 0 Å². The van der Waals surface area contributed by atoms with E-state index in [1.165, 1.54) is 5.56 Å². The standard InChI is InChI=1S/C17H17BrN2O2S/c1-12-8-10-13(11-9-12)23(21,22)20-19-17-7-3-4-14-15(17)5-2-6-16(14)18/h2,5-6,8-11,20H,3-4,7H2,1H3. The molecular formula is C17H17BrN2O2S. The Morgan fingerprint density at radius 2 is 1.83 bits per heavy atom. The number of fused-ring (bicyclic) bond motifs is 1. The van der Waals surface area contributed by atoms with Crippen LogP contribution in [0.1, 0.15) is 29.5 Å². The van der Waals surface area contributed by atoms with Crippen molar-refractivity contribution < 1.29 is 8.42 Å². The Morgan fingerprint density at radius 1 is 1.09 bits per heavy atom. The fraction of sp³-hybridized carbons (Fsp3) is 0.235. The van der Waals surface area contributed by atoms with Crippen molar-refractivity contribution in [3.63, 3.8) is 0 Å². The van der Waals surface area contributed by atoms with Crippen LogP contribution in [0, 0.1) is 6.92 Å². The number of rotatable bonds is 3. The smallest absolute Gasteiger partial charge is 0.200 e. The van der Waals surface area contributed by atoms with Gasteiger partial charge in [0.1, 0.15) is 0 Å². The SMILES string of the molecule is Cc1ccc(S(=O)(=O)NN=C2CCCc3c(Br)cccc32)cc1. The molecule has 0 radical (unpaired) electrons. The second kappa shape index (κ2) is 6.45. The zero-order valence-electron chi connectivity index (χ0n) is 12.7. The molecule has 2 aromatic carbocycles. The van der Waals surface area contributed by atoms with Crippen LogP contribution in [0.5, 0.6) is 0 Å². The summed E-state index contributed by atoms with van der Waals surface area (Å²) in [7, 11) is -3.64. The van der Waals surface area contributed by atoms with Gasteiger partial charge in [-0.3, -0.25) is 0 Å². The van der Waals surface area contributed by atoms with Crippen LogP contribution in [0.25, 0.3) is 0 Å². The molecule has 2 aromatic rings. The minimum absolute atomic E-state index is 0.220. The lowest BCUT2D eigenvalue weighted by molar-refractivity contribution is 0.584. The van der Waals surface area contributed by atoms with E-state index in [1.807, 2.05) is 25.1 Å². The summed E-state index contributed by atoms with van der Waals surface area (Å²) in [6.45, 7) is 1.92. The maximum atomic E-state index is 12.3. The summed E-state index contributed by atoms with van der Waals surface area (Å²) in [6.07, 6.45) is 2.70. The summed E-state index contributed by atoms with van der Waals surface area (Å²) < 4.78 is 25.7. The van der Waals surface area contributed by atoms with Crippen LogP contribution in [0.15, 0.2) is 56.9 Å². The van der Waals surface area contributed by atoms with Crippen molar-refractivity contribution in [2.45, 2.75) is 31.1 Å². The Balaban J connectivity index is 1.89. The molecule has 1 aliphatic carbocycles. The molecule has 0 fully saturated rings. The molecule has 6 heteroatoms. The van der Waals surface area contributed by atoms with Crippen LogP contribution in [0.4, 0.5) is 0 Å². The van der Waals surface area contributed by atoms with Crippen LogP contribution < -0.4 is 4.83 Å². The molecule has 120 valence electrons. The summed E-state index contributed by atoms with van der Waals surface area (Å²) in [5, 5.41) is 4.19. The number of benzene rings is 2. The third kappa shape index (κ3) is 3.48. The summed E-state index contributed by atoms with van der Waals surface area (Å²) in [4.78, 5) is 2.59. The number of nitrogens with one attached hydrogen (secondary N) is 1. The monoisotopic (exact) mass is 392 g/mol. The number of aryl methyl sites for hydroxylation is 1. The van der Waals surface area contributed by atoms with E-state index in [0.29, 0.717) is 0 Å². The Bertz CT molecular complexity index is 859. The molecule has 0 spiro atoms. The van der Waals surface area contributed by atoms with E-state index in [2.05, 4.69) is 25.9 Å². The van der Waals surface area contributed by atoms with Crippen molar-refractivity contribution in [2.24, 2.45) is 5.10 Å². The molecule has 1 aliphatic rings. The average molecular weight is 393 g/mol. The van der Waals surface area contributed by atoms with Gasteiger partial charge in [0.05, 0.1) is 10.6 Å². The number of hydrogen-bond acceptors (Lipinski definition) is 3. The predicted octanol–water partition coefficient (Wildman–Crippen LogP) is 3.78. The molecule has 0 aromatic heterocycles. The minimum atomic E-state index is -3.64. The van der Waals surface area contributed by atoms with Crippen molar-refractivity contribution in [3.05, 3.63) is 63.6 Å². The van der Waals surface area contributed by atoms with E-state index >= 15 is 0 Å². The highest BCUT2D eigenvalue weighted by Gasteiger charge is 2.19. The number of sulfonamides is 1. The fourth-order valence-electron chi connectivity index (χ4n) is 2.65. The van der Waals surface area contributed by atoms with E-state index in [9.17, 15) is 8.42 Å². The van der Waals surface area contributed by atoms with Gasteiger partial charge in [-0.05, 0) is 49.9 Å². The van der Waals surface area contributed by atoms with Crippen molar-refractivity contribution in [1.82, 2.24) is 4.83 Å². The summed E-state index contributed by atoms with van der Waals surface area (Å²) in [5.41, 5.74) is 3.99. The van der Waals surface area contributed by atoms with Gasteiger partial charge < -0.3 is 0 Å². The molecule has 23 heavy (non-hydrogen) atoms. The normalized spacial score (nSPS) is 16.2. The van der Waals surface area contributed by atoms with Crippen LogP contribution in [0.2, 0.25) is 0 Å². The van der Waals surface area contributed by atoms with Crippen LogP contribution in [-0.4, -0.2) is 14.1 Å². The third-order valence-electron chi connectivity index (χ3n) is 3.90. The lowest BCUT2D eigenvalue weighted by Gasteiger charge is -2.19. The number of nitrogens with zero attached hydrogens (tertiary/aromatic N) is 1. The second-order valence-electron chi connectivity index (χ2n) is 5.59. The first kappa shape index (κ1) is 16.2. The third-order valence-corrected chi connectivity index (χ3v) is 5.87. The zero-order chi connectivity index (χ0) is 16.4. The van der Waals surface area contributed by atoms with Crippen molar-refractivity contribution >= 4 is 31.7 Å². The van der Waals surface area contributed by atoms with E-state index in [1.54, 1.807) is 24.3 Å². The maximum Gasteiger partial charge on any atom is 0.276 e. The molecule has 3 rings (SSSR count). The second-order valence-corrected chi connectivity index (χ2v) is 8.10. The highest BCUT2D eigenvalue weighted by molar-refractivity contribution is 9.10. The van der Waals surface area contributed by atoms with E-state index in [0.717, 1.165) is 40.6 Å². The first-order valence-electron chi connectivity index (χ1n) is 7.40. The molecule has 0 atom stereocenters. The maximum absolute atomic E-state index is 12.3. The Labute approximate surface area is 144 Å². The van der Waals surface area contributed by atoms with Gasteiger partial charge in [-0.25, -0.2) is 0 Å². The minimum Gasteiger partial charge on any atom is -0.200 e. The van der Waals surface area contributed by atoms with E-state index < -0.39 is 10.0 Å². The van der Waals surface area contributed by atoms with Gasteiger partial charge in [0, 0.05) is 10.0 Å². The number of hydrogen-bond donors (Lipinski definition) is 1. The van der Waals surface area contributed by atoms with Gasteiger partial charge in [0.25, 0.3) is 10.0 Å². The lowest BCUT2D eigenvalue weighted by Crippen LogP contribution is -2.22. The molecule has 1 N–H and O–H groups in total. The number of hydrazone groups is 1. The zero-order valence-corrected chi connectivity index (χ0v) is 15.1. The van der Waals surface area contributed by atoms with Gasteiger partial charge in [0.15, 0.2) is 0 Å². The molecule has 0 aliphatic heterocycles. The molecule has 0 amide bonds. The molecule has 4 nitrogen and oxygen atoms in total. The largest absolute Gasteiger partial charge is 0.276 e. The average Bonchev–Trinajstić information content (AvgIpc) is 2.54. The van der Waals surface area contributed by atoms with E-state index in [4.69, 9.17) is 0 Å². The molecule has 0 bridgehead atoms. The summed E-state index contributed by atoms with van der Waals surface area (Å²) >= 11 is 3.55. The molecule has 0 saturated heterocycles. The van der Waals surface area contributed by atoms with E-state index in [-0.39, 0.29) is 4.90 Å². The van der Waals surface area contributed by atoms with Gasteiger partial charge in [-0.15, -0.1) is 0 Å². The molecule has 0 saturated carbocycles. The first-order chi connectivity index (χ1) is 11.0. The number of halogens is 1. The molecule has 0 heterocycles. The fourth-order valence-corrected chi connectivity index (χ4v) is 4.05. The Kier molecular flexibility index (Phi) is 4.55. The topological polar surface area (TPSA) is 58.5 Å². The Morgan fingerprint density at radius 3 is 2.57 bits per heavy atom. The highest BCUT2D eigenvalue weighted by atomic mass is 79.9.